The lowest BCUT2D eigenvalue weighted by Crippen LogP contribution is -2.21. The number of hydrogen-bond acceptors (Lipinski definition) is 6. The maximum atomic E-state index is 13.0. The third kappa shape index (κ3) is 4.74. The first kappa shape index (κ1) is 23.3. The first-order valence-electron chi connectivity index (χ1n) is 10.6. The maximum absolute atomic E-state index is 13.0. The van der Waals surface area contributed by atoms with Crippen LogP contribution in [0.3, 0.4) is 0 Å². The average Bonchev–Trinajstić information content (AvgIpc) is 2.71. The van der Waals surface area contributed by atoms with Gasteiger partial charge in [0.1, 0.15) is 40.4 Å². The minimum absolute atomic E-state index is 0.0493. The molecule has 0 amide bonds. The molecule has 0 saturated carbocycles. The molecule has 3 rings (SSSR count). The fraction of sp³-hybridized carbons (Fsp3) is 0.346. The highest BCUT2D eigenvalue weighted by Gasteiger charge is 2.34. The average molecular weight is 439 g/mol. The van der Waals surface area contributed by atoms with E-state index in [9.17, 15) is 20.1 Å². The standard InChI is InChI=1S/C26H30O6/c1-14(2)6-7-16(15(3)4)10-19-22(31-5)13-24-25(26(19)30)21(29)12-23(32-24)18-9-8-17(27)11-20(18)28/h6,8-9,11,13,16,23,27-28,30H,3,7,10,12H2,1-2,4-5H3/t16-,23-/m0/s1. The molecule has 0 aliphatic carbocycles. The lowest BCUT2D eigenvalue weighted by molar-refractivity contribution is 0.0841. The summed E-state index contributed by atoms with van der Waals surface area (Å²) in [6.07, 6.45) is 2.57. The van der Waals surface area contributed by atoms with Gasteiger partial charge in [0.25, 0.3) is 0 Å². The van der Waals surface area contributed by atoms with E-state index in [1.54, 1.807) is 6.07 Å². The number of ether oxygens (including phenoxy) is 2. The first-order valence-corrected chi connectivity index (χ1v) is 10.6. The zero-order valence-electron chi connectivity index (χ0n) is 18.9. The number of aromatic hydroxyl groups is 3. The van der Waals surface area contributed by atoms with Crippen molar-refractivity contribution in [2.45, 2.75) is 46.1 Å². The number of rotatable bonds is 7. The van der Waals surface area contributed by atoms with Crippen LogP contribution >= 0.6 is 0 Å². The molecule has 0 aromatic heterocycles. The van der Waals surface area contributed by atoms with Crippen LogP contribution in [0.4, 0.5) is 0 Å². The molecule has 2 aromatic rings. The number of allylic oxidation sites excluding steroid dienone is 3. The molecule has 0 radical (unpaired) electrons. The van der Waals surface area contributed by atoms with Crippen LogP contribution in [0.5, 0.6) is 28.7 Å². The van der Waals surface area contributed by atoms with Crippen LogP contribution in [0.25, 0.3) is 0 Å². The number of carbonyl (C=O) groups excluding carboxylic acids is 1. The fourth-order valence-electron chi connectivity index (χ4n) is 3.93. The molecule has 2 atom stereocenters. The SMILES string of the molecule is C=C(C)[C@@H](CC=C(C)C)Cc1c(OC)cc2c(c1O)C(=O)C[C@@H](c1ccc(O)cc1O)O2. The molecule has 0 unspecified atom stereocenters. The minimum atomic E-state index is -0.744. The number of phenolic OH excluding ortho intramolecular Hbond substituents is 3. The Bertz CT molecular complexity index is 1080. The van der Waals surface area contributed by atoms with E-state index in [1.807, 2.05) is 20.8 Å². The third-order valence-corrected chi connectivity index (χ3v) is 5.79. The molecule has 6 nitrogen and oxygen atoms in total. The molecule has 0 fully saturated rings. The van der Waals surface area contributed by atoms with Gasteiger partial charge in [-0.15, -0.1) is 0 Å². The Morgan fingerprint density at radius 1 is 1.25 bits per heavy atom. The normalized spacial score (nSPS) is 16.0. The van der Waals surface area contributed by atoms with Gasteiger partial charge in [-0.25, -0.2) is 0 Å². The van der Waals surface area contributed by atoms with Gasteiger partial charge in [-0.1, -0.05) is 23.8 Å². The highest BCUT2D eigenvalue weighted by molar-refractivity contribution is 6.03. The van der Waals surface area contributed by atoms with Gasteiger partial charge in [0, 0.05) is 23.3 Å². The molecule has 0 saturated heterocycles. The molecular formula is C26H30O6. The Balaban J connectivity index is 2.00. The molecule has 2 aromatic carbocycles. The van der Waals surface area contributed by atoms with Crippen molar-refractivity contribution in [2.75, 3.05) is 7.11 Å². The van der Waals surface area contributed by atoms with Crippen LogP contribution in [-0.2, 0) is 6.42 Å². The molecule has 32 heavy (non-hydrogen) atoms. The van der Waals surface area contributed by atoms with Crippen LogP contribution in [-0.4, -0.2) is 28.2 Å². The van der Waals surface area contributed by atoms with Crippen LogP contribution < -0.4 is 9.47 Å². The van der Waals surface area contributed by atoms with Gasteiger partial charge in [0.15, 0.2) is 5.78 Å². The summed E-state index contributed by atoms with van der Waals surface area (Å²) in [4.78, 5) is 13.0. The lowest BCUT2D eigenvalue weighted by atomic mass is 9.86. The summed E-state index contributed by atoms with van der Waals surface area (Å²) < 4.78 is 11.5. The van der Waals surface area contributed by atoms with E-state index in [-0.39, 0.29) is 46.7 Å². The second-order valence-corrected chi connectivity index (χ2v) is 8.52. The second-order valence-electron chi connectivity index (χ2n) is 8.52. The predicted octanol–water partition coefficient (Wildman–Crippen LogP) is 5.61. The summed E-state index contributed by atoms with van der Waals surface area (Å²) in [7, 11) is 1.50. The van der Waals surface area contributed by atoms with Crippen molar-refractivity contribution in [3.05, 3.63) is 64.8 Å². The molecule has 0 spiro atoms. The molecule has 3 N–H and O–H groups in total. The van der Waals surface area contributed by atoms with E-state index >= 15 is 0 Å². The van der Waals surface area contributed by atoms with Crippen molar-refractivity contribution < 1.29 is 29.6 Å². The minimum Gasteiger partial charge on any atom is -0.508 e. The van der Waals surface area contributed by atoms with Crippen molar-refractivity contribution in [1.29, 1.82) is 0 Å². The van der Waals surface area contributed by atoms with Gasteiger partial charge in [0.05, 0.1) is 13.5 Å². The summed E-state index contributed by atoms with van der Waals surface area (Å²) in [5, 5.41) is 30.8. The fourth-order valence-corrected chi connectivity index (χ4v) is 3.93. The number of methoxy groups -OCH3 is 1. The Morgan fingerprint density at radius 2 is 1.97 bits per heavy atom. The number of benzene rings is 2. The van der Waals surface area contributed by atoms with E-state index < -0.39 is 6.10 Å². The lowest BCUT2D eigenvalue weighted by Gasteiger charge is -2.28. The third-order valence-electron chi connectivity index (χ3n) is 5.79. The van der Waals surface area contributed by atoms with Gasteiger partial charge in [0.2, 0.25) is 0 Å². The van der Waals surface area contributed by atoms with Crippen molar-refractivity contribution in [3.63, 3.8) is 0 Å². The summed E-state index contributed by atoms with van der Waals surface area (Å²) >= 11 is 0. The van der Waals surface area contributed by atoms with Crippen molar-refractivity contribution >= 4 is 5.78 Å². The van der Waals surface area contributed by atoms with Crippen LogP contribution in [0, 0.1) is 5.92 Å². The molecular weight excluding hydrogens is 408 g/mol. The van der Waals surface area contributed by atoms with Crippen molar-refractivity contribution in [1.82, 2.24) is 0 Å². The number of ketones is 1. The molecule has 170 valence electrons. The van der Waals surface area contributed by atoms with E-state index in [1.165, 1.54) is 30.9 Å². The van der Waals surface area contributed by atoms with Gasteiger partial charge >= 0.3 is 0 Å². The Labute approximate surface area is 188 Å². The molecule has 0 bridgehead atoms. The first-order chi connectivity index (χ1) is 15.1. The Kier molecular flexibility index (Phi) is 6.82. The Morgan fingerprint density at radius 3 is 2.56 bits per heavy atom. The zero-order valence-corrected chi connectivity index (χ0v) is 18.9. The predicted molar refractivity (Wildman–Crippen MR) is 123 cm³/mol. The summed E-state index contributed by atoms with van der Waals surface area (Å²) in [6, 6.07) is 5.75. The largest absolute Gasteiger partial charge is 0.508 e. The van der Waals surface area contributed by atoms with Crippen LogP contribution in [0.2, 0.25) is 0 Å². The van der Waals surface area contributed by atoms with E-state index in [0.717, 1.165) is 12.0 Å². The topological polar surface area (TPSA) is 96.2 Å². The summed E-state index contributed by atoms with van der Waals surface area (Å²) in [5.74, 6) is 0.0214. The van der Waals surface area contributed by atoms with Gasteiger partial charge < -0.3 is 24.8 Å². The number of carbonyl (C=O) groups is 1. The molecule has 1 aliphatic heterocycles. The maximum Gasteiger partial charge on any atom is 0.174 e. The van der Waals surface area contributed by atoms with Gasteiger partial charge in [-0.05, 0) is 51.7 Å². The number of hydrogen-bond donors (Lipinski definition) is 3. The Hall–Kier alpha value is -3.41. The summed E-state index contributed by atoms with van der Waals surface area (Å²) in [6.45, 7) is 10.1. The van der Waals surface area contributed by atoms with Crippen molar-refractivity contribution in [3.8, 4) is 28.7 Å². The zero-order chi connectivity index (χ0) is 23.6. The highest BCUT2D eigenvalue weighted by Crippen LogP contribution is 2.47. The number of fused-ring (bicyclic) bond motifs is 1. The van der Waals surface area contributed by atoms with Gasteiger partial charge in [-0.3, -0.25) is 4.79 Å². The molecule has 1 aliphatic rings. The van der Waals surface area contributed by atoms with E-state index in [2.05, 4.69) is 12.7 Å². The monoisotopic (exact) mass is 438 g/mol. The number of phenols is 3. The smallest absolute Gasteiger partial charge is 0.174 e. The second kappa shape index (κ2) is 9.39. The quantitative estimate of drug-likeness (QED) is 0.486. The van der Waals surface area contributed by atoms with Crippen LogP contribution in [0.15, 0.2) is 48.1 Å². The number of Topliss-reactive ketones (excluding diaryl/α,β-unsaturated/α-hetero) is 1. The highest BCUT2D eigenvalue weighted by atomic mass is 16.5. The molecule has 6 heteroatoms. The van der Waals surface area contributed by atoms with Crippen molar-refractivity contribution in [2.24, 2.45) is 5.92 Å². The van der Waals surface area contributed by atoms with Gasteiger partial charge in [-0.2, -0.15) is 0 Å². The van der Waals surface area contributed by atoms with E-state index in [0.29, 0.717) is 23.3 Å². The molecule has 1 heterocycles. The van der Waals surface area contributed by atoms with Crippen LogP contribution in [0.1, 0.15) is 61.2 Å². The summed E-state index contributed by atoms with van der Waals surface area (Å²) in [5.41, 5.74) is 3.23. The van der Waals surface area contributed by atoms with E-state index in [4.69, 9.17) is 9.47 Å².